The van der Waals surface area contributed by atoms with E-state index in [-0.39, 0.29) is 5.41 Å². The van der Waals surface area contributed by atoms with E-state index in [1.165, 1.54) is 24.0 Å². The van der Waals surface area contributed by atoms with Gasteiger partial charge in [0.2, 0.25) is 0 Å². The smallest absolute Gasteiger partial charge is 0.0512 e. The Labute approximate surface area is 117 Å². The van der Waals surface area contributed by atoms with E-state index in [0.29, 0.717) is 12.0 Å². The van der Waals surface area contributed by atoms with E-state index in [1.54, 1.807) is 0 Å². The minimum Gasteiger partial charge on any atom is -0.381 e. The maximum atomic E-state index is 5.67. The molecule has 1 fully saturated rings. The maximum absolute atomic E-state index is 5.67. The van der Waals surface area contributed by atoms with Gasteiger partial charge in [-0.15, -0.1) is 0 Å². The summed E-state index contributed by atoms with van der Waals surface area (Å²) in [5.74, 6) is 0.585. The van der Waals surface area contributed by atoms with Crippen LogP contribution in [0.2, 0.25) is 0 Å². The minimum absolute atomic E-state index is 0.182. The Kier molecular flexibility index (Phi) is 4.64. The molecule has 1 aliphatic heterocycles. The first kappa shape index (κ1) is 14.5. The predicted octanol–water partition coefficient (Wildman–Crippen LogP) is 3.67. The van der Waals surface area contributed by atoms with E-state index in [4.69, 9.17) is 4.74 Å². The van der Waals surface area contributed by atoms with E-state index in [1.807, 2.05) is 0 Å². The van der Waals surface area contributed by atoms with Crippen LogP contribution in [-0.2, 0) is 10.2 Å². The minimum atomic E-state index is 0.182. The summed E-state index contributed by atoms with van der Waals surface area (Å²) < 4.78 is 5.67. The van der Waals surface area contributed by atoms with Gasteiger partial charge in [-0.25, -0.2) is 0 Å². The molecule has 1 aromatic carbocycles. The summed E-state index contributed by atoms with van der Waals surface area (Å²) in [5, 5.41) is 3.52. The molecule has 0 radical (unpaired) electrons. The molecule has 1 saturated heterocycles. The molecule has 2 nitrogen and oxygen atoms in total. The van der Waals surface area contributed by atoms with E-state index >= 15 is 0 Å². The van der Waals surface area contributed by atoms with Crippen LogP contribution in [0.4, 0.5) is 0 Å². The van der Waals surface area contributed by atoms with Crippen molar-refractivity contribution < 1.29 is 4.74 Å². The molecular formula is C17H27NO. The number of hydrogen-bond acceptors (Lipinski definition) is 2. The first-order valence-electron chi connectivity index (χ1n) is 7.38. The van der Waals surface area contributed by atoms with Gasteiger partial charge in [-0.1, -0.05) is 45.0 Å². The average molecular weight is 261 g/mol. The number of ether oxygens (including phenoxy) is 1. The monoisotopic (exact) mass is 261 g/mol. The van der Waals surface area contributed by atoms with Crippen LogP contribution in [0.3, 0.4) is 0 Å². The lowest BCUT2D eigenvalue weighted by molar-refractivity contribution is 0.0399. The average Bonchev–Trinajstić information content (AvgIpc) is 2.40. The van der Waals surface area contributed by atoms with E-state index in [2.05, 4.69) is 57.4 Å². The van der Waals surface area contributed by atoms with Crippen LogP contribution >= 0.6 is 0 Å². The highest BCUT2D eigenvalue weighted by molar-refractivity contribution is 5.35. The van der Waals surface area contributed by atoms with Crippen molar-refractivity contribution in [1.29, 1.82) is 0 Å². The molecule has 19 heavy (non-hydrogen) atoms. The molecule has 1 aliphatic rings. The van der Waals surface area contributed by atoms with Crippen molar-refractivity contribution in [3.8, 4) is 0 Å². The maximum Gasteiger partial charge on any atom is 0.0512 e. The summed E-state index contributed by atoms with van der Waals surface area (Å²) in [7, 11) is 2.07. The third-order valence-corrected chi connectivity index (χ3v) is 4.08. The van der Waals surface area contributed by atoms with Crippen LogP contribution in [-0.4, -0.2) is 20.3 Å². The van der Waals surface area contributed by atoms with Crippen LogP contribution in [0.25, 0.3) is 0 Å². The van der Waals surface area contributed by atoms with Crippen molar-refractivity contribution in [2.24, 2.45) is 5.92 Å². The Morgan fingerprint density at radius 1 is 1.26 bits per heavy atom. The summed E-state index contributed by atoms with van der Waals surface area (Å²) >= 11 is 0. The Morgan fingerprint density at radius 2 is 2.00 bits per heavy atom. The van der Waals surface area contributed by atoms with Gasteiger partial charge in [-0.3, -0.25) is 0 Å². The third kappa shape index (κ3) is 3.37. The lowest BCUT2D eigenvalue weighted by Gasteiger charge is -2.34. The van der Waals surface area contributed by atoms with Crippen LogP contribution in [0, 0.1) is 5.92 Å². The summed E-state index contributed by atoms with van der Waals surface area (Å²) in [6.07, 6.45) is 2.44. The molecule has 1 aromatic rings. The third-order valence-electron chi connectivity index (χ3n) is 4.08. The molecule has 0 amide bonds. The van der Waals surface area contributed by atoms with Gasteiger partial charge in [0, 0.05) is 18.6 Å². The summed E-state index contributed by atoms with van der Waals surface area (Å²) in [5.41, 5.74) is 3.06. The molecular weight excluding hydrogens is 234 g/mol. The molecule has 2 heteroatoms. The molecule has 0 spiro atoms. The molecule has 2 unspecified atom stereocenters. The highest BCUT2D eigenvalue weighted by Gasteiger charge is 2.28. The van der Waals surface area contributed by atoms with Crippen molar-refractivity contribution in [3.63, 3.8) is 0 Å². The van der Waals surface area contributed by atoms with E-state index < -0.39 is 0 Å². The fourth-order valence-corrected chi connectivity index (χ4v) is 3.12. The summed E-state index contributed by atoms with van der Waals surface area (Å²) in [4.78, 5) is 0. The SMILES string of the molecule is CNC(c1ccccc1C(C)(C)C)C1CCCOC1. The second kappa shape index (κ2) is 6.06. The predicted molar refractivity (Wildman–Crippen MR) is 80.5 cm³/mol. The zero-order valence-corrected chi connectivity index (χ0v) is 12.7. The van der Waals surface area contributed by atoms with Crippen LogP contribution < -0.4 is 5.32 Å². The van der Waals surface area contributed by atoms with Gasteiger partial charge in [0.25, 0.3) is 0 Å². The normalized spacial score (nSPS) is 22.2. The Bertz CT molecular complexity index is 402. The number of hydrogen-bond donors (Lipinski definition) is 1. The topological polar surface area (TPSA) is 21.3 Å². The molecule has 2 rings (SSSR count). The Balaban J connectivity index is 2.32. The summed E-state index contributed by atoms with van der Waals surface area (Å²) in [6.45, 7) is 8.67. The first-order valence-corrected chi connectivity index (χ1v) is 7.38. The van der Waals surface area contributed by atoms with Gasteiger partial charge in [0.1, 0.15) is 0 Å². The molecule has 106 valence electrons. The van der Waals surface area contributed by atoms with Gasteiger partial charge in [0.05, 0.1) is 6.61 Å². The zero-order chi connectivity index (χ0) is 13.9. The fourth-order valence-electron chi connectivity index (χ4n) is 3.12. The highest BCUT2D eigenvalue weighted by atomic mass is 16.5. The number of nitrogens with one attached hydrogen (secondary N) is 1. The fraction of sp³-hybridized carbons (Fsp3) is 0.647. The first-order chi connectivity index (χ1) is 9.04. The molecule has 1 heterocycles. The molecule has 0 saturated carbocycles. The molecule has 0 bridgehead atoms. The van der Waals surface area contributed by atoms with Gasteiger partial charge >= 0.3 is 0 Å². The lowest BCUT2D eigenvalue weighted by Crippen LogP contribution is -2.33. The van der Waals surface area contributed by atoms with Gasteiger partial charge in [0.15, 0.2) is 0 Å². The van der Waals surface area contributed by atoms with Crippen LogP contribution in [0.1, 0.15) is 50.8 Å². The molecule has 1 N–H and O–H groups in total. The second-order valence-electron chi connectivity index (χ2n) is 6.58. The van der Waals surface area contributed by atoms with Crippen molar-refractivity contribution in [2.75, 3.05) is 20.3 Å². The quantitative estimate of drug-likeness (QED) is 0.896. The zero-order valence-electron chi connectivity index (χ0n) is 12.7. The Morgan fingerprint density at radius 3 is 2.58 bits per heavy atom. The van der Waals surface area contributed by atoms with Crippen molar-refractivity contribution in [3.05, 3.63) is 35.4 Å². The van der Waals surface area contributed by atoms with Crippen molar-refractivity contribution in [1.82, 2.24) is 5.32 Å². The van der Waals surface area contributed by atoms with Crippen LogP contribution in [0.5, 0.6) is 0 Å². The van der Waals surface area contributed by atoms with E-state index in [0.717, 1.165) is 13.2 Å². The van der Waals surface area contributed by atoms with E-state index in [9.17, 15) is 0 Å². The van der Waals surface area contributed by atoms with Crippen molar-refractivity contribution in [2.45, 2.75) is 45.1 Å². The Hall–Kier alpha value is -0.860. The largest absolute Gasteiger partial charge is 0.381 e. The van der Waals surface area contributed by atoms with Gasteiger partial charge < -0.3 is 10.1 Å². The molecule has 2 atom stereocenters. The van der Waals surface area contributed by atoms with Crippen LogP contribution in [0.15, 0.2) is 24.3 Å². The standard InChI is InChI=1S/C17H27NO/c1-17(2,3)15-10-6-5-9-14(15)16(18-4)13-8-7-11-19-12-13/h5-6,9-10,13,16,18H,7-8,11-12H2,1-4H3. The number of rotatable bonds is 3. The second-order valence-corrected chi connectivity index (χ2v) is 6.58. The number of benzene rings is 1. The molecule has 0 aromatic heterocycles. The lowest BCUT2D eigenvalue weighted by atomic mass is 9.78. The van der Waals surface area contributed by atoms with Gasteiger partial charge in [-0.05, 0) is 36.4 Å². The van der Waals surface area contributed by atoms with Gasteiger partial charge in [-0.2, -0.15) is 0 Å². The van der Waals surface area contributed by atoms with Crippen molar-refractivity contribution >= 4 is 0 Å². The highest BCUT2D eigenvalue weighted by Crippen LogP contribution is 2.35. The summed E-state index contributed by atoms with van der Waals surface area (Å²) in [6, 6.07) is 9.24. The molecule has 0 aliphatic carbocycles.